The fourth-order valence-corrected chi connectivity index (χ4v) is 9.22. The number of nitrogens with zero attached hydrogens (tertiary/aromatic N) is 1. The molecule has 170 valence electrons. The van der Waals surface area contributed by atoms with Crippen molar-refractivity contribution in [2.75, 3.05) is 13.2 Å². The molecule has 0 fully saturated rings. The number of carbonyl (C=O) groups excluding carboxylic acids is 2. The molecule has 1 rings (SSSR count). The Hall–Kier alpha value is -0.690. The van der Waals surface area contributed by atoms with Gasteiger partial charge in [-0.1, -0.05) is 69.8 Å². The summed E-state index contributed by atoms with van der Waals surface area (Å²) in [5, 5.41) is 0.562. The van der Waals surface area contributed by atoms with Crippen LogP contribution in [0, 0.1) is 0 Å². The van der Waals surface area contributed by atoms with E-state index in [0.29, 0.717) is 0 Å². The maximum Gasteiger partial charge on any atom is 0.412 e. The predicted octanol–water partition coefficient (Wildman–Crippen LogP) is 5.74. The van der Waals surface area contributed by atoms with Gasteiger partial charge < -0.3 is 9.47 Å². The number of thioether (sulfide) groups is 2. The maximum absolute atomic E-state index is 13.2. The fraction of sp³-hybridized carbons (Fsp3) is 0.619. The van der Waals surface area contributed by atoms with E-state index in [2.05, 4.69) is 27.7 Å². The highest BCUT2D eigenvalue weighted by molar-refractivity contribution is 8.27. The van der Waals surface area contributed by atoms with Gasteiger partial charge >= 0.3 is 12.1 Å². The Morgan fingerprint density at radius 2 is 1.63 bits per heavy atom. The molecule has 0 radical (unpaired) electrons. The van der Waals surface area contributed by atoms with Gasteiger partial charge in [-0.25, -0.2) is 4.79 Å². The molecule has 5 nitrogen and oxygen atoms in total. The first-order valence-corrected chi connectivity index (χ1v) is 14.5. The summed E-state index contributed by atoms with van der Waals surface area (Å²) in [4.78, 5) is 27.1. The Morgan fingerprint density at radius 1 is 1.07 bits per heavy atom. The molecule has 0 saturated carbocycles. The van der Waals surface area contributed by atoms with Crippen molar-refractivity contribution in [3.8, 4) is 0 Å². The monoisotopic (exact) mass is 491 g/mol. The molecule has 1 amide bonds. The molecule has 0 spiro atoms. The Labute approximate surface area is 195 Å². The normalized spacial score (nSPS) is 15.4. The second-order valence-corrected chi connectivity index (χ2v) is 13.1. The zero-order chi connectivity index (χ0) is 22.6. The Morgan fingerprint density at radius 3 is 2.10 bits per heavy atom. The third-order valence-electron chi connectivity index (χ3n) is 4.43. The quantitative estimate of drug-likeness (QED) is 0.198. The van der Waals surface area contributed by atoms with Gasteiger partial charge in [0.2, 0.25) is 0 Å². The molecule has 0 aliphatic rings. The van der Waals surface area contributed by atoms with Crippen LogP contribution in [0.4, 0.5) is 4.79 Å². The Bertz CT molecular complexity index is 665. The van der Waals surface area contributed by atoms with Gasteiger partial charge in [0.05, 0.1) is 6.61 Å². The zero-order valence-electron chi connectivity index (χ0n) is 18.5. The number of benzene rings is 1. The number of amides is 1. The summed E-state index contributed by atoms with van der Waals surface area (Å²) in [5.41, 5.74) is 0.891. The topological polar surface area (TPSA) is 55.8 Å². The van der Waals surface area contributed by atoms with E-state index in [-0.39, 0.29) is 30.3 Å². The number of rotatable bonds is 13. The van der Waals surface area contributed by atoms with E-state index in [1.807, 2.05) is 30.3 Å². The predicted molar refractivity (Wildman–Crippen MR) is 134 cm³/mol. The first kappa shape index (κ1) is 27.3. The molecule has 3 unspecified atom stereocenters. The van der Waals surface area contributed by atoms with Crippen LogP contribution < -0.4 is 0 Å². The van der Waals surface area contributed by atoms with Crippen molar-refractivity contribution >= 4 is 54.7 Å². The highest BCUT2D eigenvalue weighted by Gasteiger charge is 2.43. The molecule has 9 heteroatoms. The van der Waals surface area contributed by atoms with E-state index < -0.39 is 23.4 Å². The summed E-state index contributed by atoms with van der Waals surface area (Å²) in [6, 6.07) is 9.51. The smallest absolute Gasteiger partial charge is 0.412 e. The lowest BCUT2D eigenvalue weighted by Gasteiger charge is -2.41. The molecule has 0 bridgehead atoms. The van der Waals surface area contributed by atoms with E-state index in [1.165, 1.54) is 4.90 Å². The van der Waals surface area contributed by atoms with Crippen LogP contribution in [0.3, 0.4) is 0 Å². The van der Waals surface area contributed by atoms with Gasteiger partial charge in [-0.15, -0.1) is 23.5 Å². The van der Waals surface area contributed by atoms with E-state index >= 15 is 0 Å². The first-order valence-electron chi connectivity index (χ1n) is 10.3. The van der Waals surface area contributed by atoms with E-state index in [4.69, 9.17) is 21.3 Å². The molecule has 0 saturated heterocycles. The van der Waals surface area contributed by atoms with Gasteiger partial charge in [0, 0.05) is 10.5 Å². The van der Waals surface area contributed by atoms with Gasteiger partial charge in [-0.05, 0) is 32.7 Å². The van der Waals surface area contributed by atoms with Crippen molar-refractivity contribution in [1.82, 2.24) is 4.90 Å². The second-order valence-electron chi connectivity index (χ2n) is 6.85. The lowest BCUT2D eigenvalue weighted by Crippen LogP contribution is -2.48. The minimum atomic E-state index is -0.708. The summed E-state index contributed by atoms with van der Waals surface area (Å²) in [6.45, 7) is 10.5. The largest absolute Gasteiger partial charge is 0.465 e. The summed E-state index contributed by atoms with van der Waals surface area (Å²) >= 11 is 8.98. The van der Waals surface area contributed by atoms with Gasteiger partial charge in [0.15, 0.2) is 3.94 Å². The highest BCUT2D eigenvalue weighted by atomic mass is 32.4. The molecule has 30 heavy (non-hydrogen) atoms. The number of carbonyl (C=O) groups is 2. The van der Waals surface area contributed by atoms with Crippen LogP contribution in [0.1, 0.15) is 53.0 Å². The summed E-state index contributed by atoms with van der Waals surface area (Å²) < 4.78 is 10.1. The van der Waals surface area contributed by atoms with Crippen LogP contribution in [0.5, 0.6) is 0 Å². The average Bonchev–Trinajstić information content (AvgIpc) is 2.75. The fourth-order valence-electron chi connectivity index (χ4n) is 2.45. The van der Waals surface area contributed by atoms with Crippen molar-refractivity contribution in [2.24, 2.45) is 0 Å². The van der Waals surface area contributed by atoms with Gasteiger partial charge in [-0.2, -0.15) is 0 Å². The summed E-state index contributed by atoms with van der Waals surface area (Å²) in [7, 11) is -0.600. The van der Waals surface area contributed by atoms with Crippen molar-refractivity contribution in [3.63, 3.8) is 0 Å². The van der Waals surface area contributed by atoms with E-state index in [9.17, 15) is 9.59 Å². The first-order chi connectivity index (χ1) is 14.3. The molecule has 0 aliphatic heterocycles. The van der Waals surface area contributed by atoms with Crippen molar-refractivity contribution in [1.29, 1.82) is 0 Å². The molecule has 1 aromatic carbocycles. The van der Waals surface area contributed by atoms with Crippen LogP contribution in [0.2, 0.25) is 0 Å². The molecule has 0 aromatic heterocycles. The third-order valence-corrected chi connectivity index (χ3v) is 11.6. The van der Waals surface area contributed by atoms with E-state index in [1.54, 1.807) is 30.4 Å². The molecule has 0 aliphatic carbocycles. The Balaban J connectivity index is 3.23. The SMILES string of the molecule is CCOC(=O)CN(C(=O)OCc1ccccc1)C([PH2]=S)(SC(C)CC)SC(C)CC. The maximum atomic E-state index is 13.2. The van der Waals surface area contributed by atoms with Crippen molar-refractivity contribution in [2.45, 2.75) is 68.5 Å². The van der Waals surface area contributed by atoms with Crippen LogP contribution in [0.25, 0.3) is 0 Å². The molecule has 0 heterocycles. The van der Waals surface area contributed by atoms with Gasteiger partial charge in [-0.3, -0.25) is 9.69 Å². The third kappa shape index (κ3) is 8.81. The molecule has 0 N–H and O–H groups in total. The number of hydrogen-bond donors (Lipinski definition) is 0. The van der Waals surface area contributed by atoms with Crippen LogP contribution in [0.15, 0.2) is 30.3 Å². The lowest BCUT2D eigenvalue weighted by atomic mass is 10.2. The van der Waals surface area contributed by atoms with Gasteiger partial charge in [0.25, 0.3) is 0 Å². The standard InChI is InChI=1S/C21H34NO4PS3/c1-6-16(4)29-21(27-28,30-17(5)7-2)22(14-19(23)25-8-3)20(24)26-15-18-12-10-9-11-13-18/h9-13,16-17H,6-8,14-15,27H2,1-5H3. The molecular weight excluding hydrogens is 457 g/mol. The number of esters is 1. The molecule has 3 atom stereocenters. The Kier molecular flexibility index (Phi) is 13.1. The van der Waals surface area contributed by atoms with Crippen molar-refractivity contribution in [3.05, 3.63) is 35.9 Å². The minimum Gasteiger partial charge on any atom is -0.465 e. The summed E-state index contributed by atoms with van der Waals surface area (Å²) in [5.74, 6) is -0.448. The van der Waals surface area contributed by atoms with Crippen LogP contribution in [-0.2, 0) is 32.7 Å². The average molecular weight is 492 g/mol. The van der Waals surface area contributed by atoms with Crippen LogP contribution >= 0.6 is 30.9 Å². The second kappa shape index (κ2) is 14.4. The zero-order valence-corrected chi connectivity index (χ0v) is 22.1. The highest BCUT2D eigenvalue weighted by Crippen LogP contribution is 2.53. The molecular formula is C21H34NO4PS3. The number of hydrogen-bond acceptors (Lipinski definition) is 7. The van der Waals surface area contributed by atoms with Gasteiger partial charge in [0.1, 0.15) is 13.2 Å². The number of ether oxygens (including phenoxy) is 2. The summed E-state index contributed by atoms with van der Waals surface area (Å²) in [6.07, 6.45) is 1.35. The minimum absolute atomic E-state index is 0.143. The van der Waals surface area contributed by atoms with E-state index in [0.717, 1.165) is 18.4 Å². The lowest BCUT2D eigenvalue weighted by molar-refractivity contribution is -0.144. The van der Waals surface area contributed by atoms with Crippen molar-refractivity contribution < 1.29 is 19.1 Å². The molecule has 1 aromatic rings. The van der Waals surface area contributed by atoms with Crippen LogP contribution in [-0.4, -0.2) is 44.6 Å².